The van der Waals surface area contributed by atoms with E-state index in [0.717, 1.165) is 17.4 Å². The lowest BCUT2D eigenvalue weighted by Crippen LogP contribution is -2.57. The van der Waals surface area contributed by atoms with Crippen LogP contribution in [0.25, 0.3) is 5.57 Å². The van der Waals surface area contributed by atoms with E-state index in [4.69, 9.17) is 16.3 Å². The summed E-state index contributed by atoms with van der Waals surface area (Å²) in [4.78, 5) is 20.6. The normalized spacial score (nSPS) is 17.5. The summed E-state index contributed by atoms with van der Waals surface area (Å²) in [5.74, 6) is -0.359. The standard InChI is InChI=1S/C29H29ClF3N5O4S/c1-28(2,3)42-27(41)37-8-9-38(20(14-37)15-39)26-35-25(40)24(43-26)21(16-5-7-23-18(10-16)13-34-36-23)11-17-4-6-19(30)12-22(17)29(31,32)33/h4-7,10,12-13,20,39-40H,8-9,11,14-15H2,1-3H3. The number of amides is 1. The van der Waals surface area contributed by atoms with Crippen molar-refractivity contribution in [1.82, 2.24) is 9.88 Å². The number of halogens is 4. The molecule has 1 unspecified atom stereocenters. The molecular weight excluding hydrogens is 607 g/mol. The first-order valence-electron chi connectivity index (χ1n) is 13.4. The van der Waals surface area contributed by atoms with Gasteiger partial charge in [-0.3, -0.25) is 0 Å². The molecule has 1 aromatic heterocycles. The summed E-state index contributed by atoms with van der Waals surface area (Å²) in [7, 11) is 0. The Bertz CT molecular complexity index is 1700. The SMILES string of the molecule is CC(C)(C)OC(=O)N1CCN(c2nc(O)c(C(Cc3ccc(Cl)cc3C(F)(F)F)=c3ccc4c(c3)C=NN=4)s2)C(CO)C1. The highest BCUT2D eigenvalue weighted by Gasteiger charge is 2.36. The Balaban J connectivity index is 1.55. The number of alkyl halides is 3. The number of aromatic nitrogens is 1. The van der Waals surface area contributed by atoms with Crippen molar-refractivity contribution in [2.24, 2.45) is 10.2 Å². The molecular formula is C29H29ClF3N5O4S. The van der Waals surface area contributed by atoms with Crippen LogP contribution in [0.2, 0.25) is 5.02 Å². The van der Waals surface area contributed by atoms with Crippen molar-refractivity contribution in [1.29, 1.82) is 0 Å². The van der Waals surface area contributed by atoms with Crippen molar-refractivity contribution in [3.63, 3.8) is 0 Å². The zero-order chi connectivity index (χ0) is 31.1. The smallest absolute Gasteiger partial charge is 0.416 e. The summed E-state index contributed by atoms with van der Waals surface area (Å²) in [5, 5.41) is 30.7. The molecule has 1 fully saturated rings. The summed E-state index contributed by atoms with van der Waals surface area (Å²) in [6.45, 7) is 5.72. The van der Waals surface area contributed by atoms with Gasteiger partial charge in [0.2, 0.25) is 5.88 Å². The fraction of sp³-hybridized carbons (Fsp3) is 0.379. The van der Waals surface area contributed by atoms with E-state index in [-0.39, 0.29) is 47.5 Å². The number of aliphatic hydroxyl groups excluding tert-OH is 1. The van der Waals surface area contributed by atoms with Crippen LogP contribution in [0.3, 0.4) is 0 Å². The number of benzene rings is 2. The van der Waals surface area contributed by atoms with Gasteiger partial charge in [-0.1, -0.05) is 35.1 Å². The molecule has 43 heavy (non-hydrogen) atoms. The van der Waals surface area contributed by atoms with Crippen molar-refractivity contribution < 1.29 is 32.9 Å². The lowest BCUT2D eigenvalue weighted by Gasteiger charge is -2.40. The molecule has 0 bridgehead atoms. The van der Waals surface area contributed by atoms with Gasteiger partial charge < -0.3 is 24.7 Å². The van der Waals surface area contributed by atoms with E-state index < -0.39 is 29.5 Å². The van der Waals surface area contributed by atoms with Crippen LogP contribution >= 0.6 is 22.9 Å². The van der Waals surface area contributed by atoms with Crippen LogP contribution in [0.4, 0.5) is 23.1 Å². The Morgan fingerprint density at radius 1 is 1.16 bits per heavy atom. The molecule has 9 nitrogen and oxygen atoms in total. The van der Waals surface area contributed by atoms with Crippen LogP contribution in [0, 0.1) is 0 Å². The Labute approximate surface area is 254 Å². The van der Waals surface area contributed by atoms with E-state index in [1.807, 2.05) is 0 Å². The molecule has 3 aromatic rings. The van der Waals surface area contributed by atoms with Gasteiger partial charge in [0, 0.05) is 36.6 Å². The summed E-state index contributed by atoms with van der Waals surface area (Å²) in [6.07, 6.45) is -3.80. The lowest BCUT2D eigenvalue weighted by molar-refractivity contribution is -0.138. The third kappa shape index (κ3) is 6.78. The molecule has 3 heterocycles. The third-order valence-corrected chi connectivity index (χ3v) is 8.32. The van der Waals surface area contributed by atoms with E-state index in [9.17, 15) is 28.2 Å². The number of aromatic hydroxyl groups is 1. The van der Waals surface area contributed by atoms with E-state index in [0.29, 0.717) is 33.4 Å². The number of ether oxygens (including phenoxy) is 1. The molecule has 228 valence electrons. The Hall–Kier alpha value is -3.68. The van der Waals surface area contributed by atoms with Gasteiger partial charge in [0.1, 0.15) is 5.60 Å². The number of rotatable bonds is 5. The number of carbonyl (C=O) groups is 1. The van der Waals surface area contributed by atoms with Crippen LogP contribution in [0.5, 0.6) is 5.88 Å². The summed E-state index contributed by atoms with van der Waals surface area (Å²) < 4.78 is 47.6. The van der Waals surface area contributed by atoms with Crippen LogP contribution in [-0.2, 0) is 17.3 Å². The molecule has 2 aromatic carbocycles. The number of nitrogens with zero attached hydrogens (tertiary/aromatic N) is 5. The molecule has 0 spiro atoms. The van der Waals surface area contributed by atoms with Crippen LogP contribution < -0.4 is 15.5 Å². The Morgan fingerprint density at radius 3 is 2.63 bits per heavy atom. The minimum atomic E-state index is -4.65. The highest BCUT2D eigenvalue weighted by Crippen LogP contribution is 2.40. The van der Waals surface area contributed by atoms with Gasteiger partial charge >= 0.3 is 12.3 Å². The van der Waals surface area contributed by atoms with Crippen molar-refractivity contribution in [3.05, 3.63) is 73.6 Å². The van der Waals surface area contributed by atoms with Crippen LogP contribution in [0.15, 0.2) is 46.6 Å². The monoisotopic (exact) mass is 635 g/mol. The second-order valence-electron chi connectivity index (χ2n) is 11.2. The maximum Gasteiger partial charge on any atom is 0.416 e. The van der Waals surface area contributed by atoms with E-state index in [1.54, 1.807) is 50.1 Å². The molecule has 14 heteroatoms. The van der Waals surface area contributed by atoms with E-state index >= 15 is 0 Å². The molecule has 0 saturated carbocycles. The minimum absolute atomic E-state index is 0.0284. The number of fused-ring (bicyclic) bond motifs is 1. The number of carbonyl (C=O) groups excluding carboxylic acids is 1. The number of piperazine rings is 1. The van der Waals surface area contributed by atoms with Crippen molar-refractivity contribution in [2.45, 2.75) is 45.0 Å². The van der Waals surface area contributed by atoms with Gasteiger partial charge in [0.05, 0.1) is 34.7 Å². The maximum atomic E-state index is 14.0. The largest absolute Gasteiger partial charge is 0.492 e. The zero-order valence-corrected chi connectivity index (χ0v) is 25.1. The molecule has 1 saturated heterocycles. The van der Waals surface area contributed by atoms with Crippen molar-refractivity contribution in [2.75, 3.05) is 31.1 Å². The average Bonchev–Trinajstić information content (AvgIpc) is 3.56. The minimum Gasteiger partial charge on any atom is -0.492 e. The first-order chi connectivity index (χ1) is 20.2. The summed E-state index contributed by atoms with van der Waals surface area (Å²) in [6, 6.07) is 8.23. The van der Waals surface area contributed by atoms with Gasteiger partial charge in [-0.25, -0.2) is 4.79 Å². The molecule has 2 aliphatic heterocycles. The topological polar surface area (TPSA) is 111 Å². The van der Waals surface area contributed by atoms with Gasteiger partial charge in [-0.05, 0) is 61.4 Å². The Kier molecular flexibility index (Phi) is 8.43. The molecule has 1 amide bonds. The Morgan fingerprint density at radius 2 is 1.93 bits per heavy atom. The molecule has 1 atom stereocenters. The quantitative estimate of drug-likeness (QED) is 0.432. The first kappa shape index (κ1) is 30.8. The number of thiazole rings is 1. The molecule has 0 aliphatic carbocycles. The fourth-order valence-electron chi connectivity index (χ4n) is 4.94. The maximum absolute atomic E-state index is 14.0. The van der Waals surface area contributed by atoms with E-state index in [2.05, 4.69) is 15.2 Å². The van der Waals surface area contributed by atoms with Crippen molar-refractivity contribution >= 4 is 46.0 Å². The molecule has 2 N–H and O–H groups in total. The molecule has 0 radical (unpaired) electrons. The zero-order valence-electron chi connectivity index (χ0n) is 23.5. The second kappa shape index (κ2) is 11.8. The summed E-state index contributed by atoms with van der Waals surface area (Å²) in [5.41, 5.74) is -0.494. The number of hydrogen-bond acceptors (Lipinski definition) is 9. The van der Waals surface area contributed by atoms with Gasteiger partial charge in [-0.2, -0.15) is 28.4 Å². The van der Waals surface area contributed by atoms with E-state index in [1.165, 1.54) is 17.0 Å². The van der Waals surface area contributed by atoms with Gasteiger partial charge in [0.15, 0.2) is 5.13 Å². The third-order valence-electron chi connectivity index (χ3n) is 6.95. The van der Waals surface area contributed by atoms with Crippen molar-refractivity contribution in [3.8, 4) is 5.88 Å². The predicted octanol–water partition coefficient (Wildman–Crippen LogP) is 4.35. The lowest BCUT2D eigenvalue weighted by atomic mass is 9.96. The number of aliphatic hydroxyl groups is 1. The van der Waals surface area contributed by atoms with Gasteiger partial charge in [0.25, 0.3) is 0 Å². The molecule has 5 rings (SSSR count). The molecule has 2 aliphatic rings. The highest BCUT2D eigenvalue weighted by atomic mass is 35.5. The second-order valence-corrected chi connectivity index (χ2v) is 12.6. The highest BCUT2D eigenvalue weighted by molar-refractivity contribution is 7.17. The van der Waals surface area contributed by atoms with Crippen LogP contribution in [0.1, 0.15) is 42.3 Å². The van der Waals surface area contributed by atoms with Crippen LogP contribution in [-0.4, -0.2) is 70.3 Å². The first-order valence-corrected chi connectivity index (χ1v) is 14.6. The number of hydrogen-bond donors (Lipinski definition) is 2. The van der Waals surface area contributed by atoms with Gasteiger partial charge in [-0.15, -0.1) is 0 Å². The summed E-state index contributed by atoms with van der Waals surface area (Å²) >= 11 is 7.02. The number of anilines is 1. The average molecular weight is 636 g/mol. The fourth-order valence-corrected chi connectivity index (χ4v) is 6.23. The predicted molar refractivity (Wildman–Crippen MR) is 157 cm³/mol.